The van der Waals surface area contributed by atoms with E-state index in [4.69, 9.17) is 5.11 Å². The molecule has 1 heterocycles. The molecule has 1 aromatic heterocycles. The smallest absolute Gasteiger partial charge is 0.416 e. The molecule has 2 aromatic rings. The molecule has 0 aliphatic rings. The summed E-state index contributed by atoms with van der Waals surface area (Å²) < 4.78 is 37.3. The fourth-order valence-corrected chi connectivity index (χ4v) is 2.69. The second kappa shape index (κ2) is 4.70. The van der Waals surface area contributed by atoms with Gasteiger partial charge in [0.1, 0.15) is 4.88 Å². The van der Waals surface area contributed by atoms with Crippen LogP contribution in [-0.4, -0.2) is 11.1 Å². The first-order valence-electron chi connectivity index (χ1n) is 5.29. The van der Waals surface area contributed by atoms with E-state index >= 15 is 0 Å². The van der Waals surface area contributed by atoms with Crippen molar-refractivity contribution in [3.05, 3.63) is 45.6 Å². The first-order valence-corrected chi connectivity index (χ1v) is 6.17. The molecule has 0 unspecified atom stereocenters. The zero-order valence-corrected chi connectivity index (χ0v) is 10.6. The van der Waals surface area contributed by atoms with Crippen molar-refractivity contribution in [2.75, 3.05) is 0 Å². The summed E-state index contributed by atoms with van der Waals surface area (Å²) in [5.74, 6) is -1.03. The van der Waals surface area contributed by atoms with Crippen LogP contribution in [0.4, 0.5) is 13.2 Å². The zero-order chi connectivity index (χ0) is 14.2. The average Bonchev–Trinajstić information content (AvgIpc) is 2.70. The SMILES string of the molecule is Cc1c(-c2ccc(C(F)(F)F)cc2)csc1C(=O)O. The third kappa shape index (κ3) is 2.63. The number of alkyl halides is 3. The Bertz CT molecular complexity index is 612. The molecule has 2 rings (SSSR count). The molecular formula is C13H9F3O2S. The molecule has 0 fully saturated rings. The zero-order valence-electron chi connectivity index (χ0n) is 9.78. The van der Waals surface area contributed by atoms with E-state index in [0.29, 0.717) is 16.7 Å². The van der Waals surface area contributed by atoms with E-state index in [2.05, 4.69) is 0 Å². The minimum atomic E-state index is -4.37. The highest BCUT2D eigenvalue weighted by Crippen LogP contribution is 2.34. The van der Waals surface area contributed by atoms with Gasteiger partial charge in [0.05, 0.1) is 5.56 Å². The Morgan fingerprint density at radius 3 is 2.21 bits per heavy atom. The molecule has 0 aliphatic heterocycles. The highest BCUT2D eigenvalue weighted by atomic mass is 32.1. The fraction of sp³-hybridized carbons (Fsp3) is 0.154. The van der Waals surface area contributed by atoms with E-state index in [1.165, 1.54) is 12.1 Å². The van der Waals surface area contributed by atoms with Gasteiger partial charge in [-0.3, -0.25) is 0 Å². The molecule has 0 saturated heterocycles. The van der Waals surface area contributed by atoms with Gasteiger partial charge < -0.3 is 5.11 Å². The van der Waals surface area contributed by atoms with Crippen molar-refractivity contribution in [2.45, 2.75) is 13.1 Å². The van der Waals surface area contributed by atoms with Crippen molar-refractivity contribution in [2.24, 2.45) is 0 Å². The average molecular weight is 286 g/mol. The first-order chi connectivity index (χ1) is 8.80. The predicted molar refractivity (Wildman–Crippen MR) is 66.5 cm³/mol. The van der Waals surface area contributed by atoms with Gasteiger partial charge in [-0.05, 0) is 41.1 Å². The highest BCUT2D eigenvalue weighted by Gasteiger charge is 2.30. The number of aromatic carboxylic acids is 1. The molecule has 0 bridgehead atoms. The Hall–Kier alpha value is -1.82. The Morgan fingerprint density at radius 1 is 1.21 bits per heavy atom. The number of carbonyl (C=O) groups is 1. The van der Waals surface area contributed by atoms with Crippen molar-refractivity contribution in [3.8, 4) is 11.1 Å². The molecule has 0 saturated carbocycles. The second-order valence-corrected chi connectivity index (χ2v) is 4.86. The summed E-state index contributed by atoms with van der Waals surface area (Å²) in [6, 6.07) is 4.69. The van der Waals surface area contributed by atoms with Crippen LogP contribution in [0.1, 0.15) is 20.8 Å². The minimum absolute atomic E-state index is 0.204. The van der Waals surface area contributed by atoms with Gasteiger partial charge >= 0.3 is 12.1 Å². The molecule has 0 amide bonds. The number of rotatable bonds is 2. The second-order valence-electron chi connectivity index (χ2n) is 3.98. The molecule has 100 valence electrons. The van der Waals surface area contributed by atoms with Gasteiger partial charge in [0.2, 0.25) is 0 Å². The molecule has 0 spiro atoms. The van der Waals surface area contributed by atoms with Crippen LogP contribution in [-0.2, 0) is 6.18 Å². The molecule has 1 N–H and O–H groups in total. The van der Waals surface area contributed by atoms with Gasteiger partial charge in [-0.15, -0.1) is 11.3 Å². The summed E-state index contributed by atoms with van der Waals surface area (Å²) >= 11 is 1.07. The van der Waals surface area contributed by atoms with Crippen LogP contribution >= 0.6 is 11.3 Å². The van der Waals surface area contributed by atoms with Crippen molar-refractivity contribution in [3.63, 3.8) is 0 Å². The standard InChI is InChI=1S/C13H9F3O2S/c1-7-10(6-19-11(7)12(17)18)8-2-4-9(5-3-8)13(14,15)16/h2-6H,1H3,(H,17,18). The first kappa shape index (κ1) is 13.6. The predicted octanol–water partition coefficient (Wildman–Crippen LogP) is 4.44. The van der Waals surface area contributed by atoms with Gasteiger partial charge in [-0.1, -0.05) is 12.1 Å². The Labute approximate surface area is 111 Å². The number of hydrogen-bond donors (Lipinski definition) is 1. The van der Waals surface area contributed by atoms with Crippen LogP contribution < -0.4 is 0 Å². The maximum Gasteiger partial charge on any atom is 0.416 e. The van der Waals surface area contributed by atoms with E-state index in [-0.39, 0.29) is 4.88 Å². The lowest BCUT2D eigenvalue weighted by Crippen LogP contribution is -2.04. The maximum absolute atomic E-state index is 12.4. The largest absolute Gasteiger partial charge is 0.477 e. The number of thiophene rings is 1. The van der Waals surface area contributed by atoms with E-state index < -0.39 is 17.7 Å². The Balaban J connectivity index is 2.41. The van der Waals surface area contributed by atoms with Crippen molar-refractivity contribution >= 4 is 17.3 Å². The lowest BCUT2D eigenvalue weighted by Gasteiger charge is -2.07. The molecule has 0 atom stereocenters. The lowest BCUT2D eigenvalue weighted by molar-refractivity contribution is -0.137. The van der Waals surface area contributed by atoms with Crippen LogP contribution in [0.2, 0.25) is 0 Å². The molecule has 19 heavy (non-hydrogen) atoms. The molecule has 6 heteroatoms. The summed E-state index contributed by atoms with van der Waals surface area (Å²) in [5.41, 5.74) is 1.07. The molecule has 0 aliphatic carbocycles. The van der Waals surface area contributed by atoms with Crippen LogP contribution in [0, 0.1) is 6.92 Å². The molecule has 2 nitrogen and oxygen atoms in total. The van der Waals surface area contributed by atoms with Gasteiger partial charge in [0, 0.05) is 0 Å². The molecule has 0 radical (unpaired) electrons. The number of benzene rings is 1. The maximum atomic E-state index is 12.4. The van der Waals surface area contributed by atoms with Crippen molar-refractivity contribution in [1.29, 1.82) is 0 Å². The Morgan fingerprint density at radius 2 is 1.79 bits per heavy atom. The highest BCUT2D eigenvalue weighted by molar-refractivity contribution is 7.12. The summed E-state index contributed by atoms with van der Waals surface area (Å²) in [6.45, 7) is 1.65. The van der Waals surface area contributed by atoms with Gasteiger partial charge in [0.25, 0.3) is 0 Å². The lowest BCUT2D eigenvalue weighted by atomic mass is 10.0. The van der Waals surface area contributed by atoms with Gasteiger partial charge in [-0.2, -0.15) is 13.2 Å². The summed E-state index contributed by atoms with van der Waals surface area (Å²) in [5, 5.41) is 10.6. The quantitative estimate of drug-likeness (QED) is 0.886. The summed E-state index contributed by atoms with van der Waals surface area (Å²) in [4.78, 5) is 11.1. The monoisotopic (exact) mass is 286 g/mol. The van der Waals surface area contributed by atoms with E-state index in [1.54, 1.807) is 12.3 Å². The summed E-state index contributed by atoms with van der Waals surface area (Å²) in [6.07, 6.45) is -4.37. The van der Waals surface area contributed by atoms with Crippen molar-refractivity contribution < 1.29 is 23.1 Å². The number of halogens is 3. The van der Waals surface area contributed by atoms with E-state index in [0.717, 1.165) is 23.5 Å². The van der Waals surface area contributed by atoms with Crippen LogP contribution in [0.5, 0.6) is 0 Å². The van der Waals surface area contributed by atoms with Crippen LogP contribution in [0.25, 0.3) is 11.1 Å². The van der Waals surface area contributed by atoms with Crippen molar-refractivity contribution in [1.82, 2.24) is 0 Å². The fourth-order valence-electron chi connectivity index (χ4n) is 1.75. The molecule has 1 aromatic carbocycles. The minimum Gasteiger partial charge on any atom is -0.477 e. The van der Waals surface area contributed by atoms with Gasteiger partial charge in [-0.25, -0.2) is 4.79 Å². The van der Waals surface area contributed by atoms with E-state index in [1.807, 2.05) is 0 Å². The van der Waals surface area contributed by atoms with Gasteiger partial charge in [0.15, 0.2) is 0 Å². The van der Waals surface area contributed by atoms with Crippen LogP contribution in [0.15, 0.2) is 29.6 Å². The number of carboxylic acids is 1. The van der Waals surface area contributed by atoms with Crippen LogP contribution in [0.3, 0.4) is 0 Å². The third-order valence-electron chi connectivity index (χ3n) is 2.76. The Kier molecular flexibility index (Phi) is 3.36. The van der Waals surface area contributed by atoms with E-state index in [9.17, 15) is 18.0 Å². The topological polar surface area (TPSA) is 37.3 Å². The third-order valence-corrected chi connectivity index (χ3v) is 3.83. The molecular weight excluding hydrogens is 277 g/mol. The number of hydrogen-bond acceptors (Lipinski definition) is 2. The normalized spacial score (nSPS) is 11.6. The summed E-state index contributed by atoms with van der Waals surface area (Å²) in [7, 11) is 0. The number of carboxylic acid groups (broad SMARTS) is 1.